The van der Waals surface area contributed by atoms with Gasteiger partial charge in [0.1, 0.15) is 0 Å². The van der Waals surface area contributed by atoms with E-state index in [-0.39, 0.29) is 11.7 Å². The van der Waals surface area contributed by atoms with E-state index in [0.29, 0.717) is 0 Å². The number of amides is 1. The van der Waals surface area contributed by atoms with Crippen LogP contribution < -0.4 is 5.32 Å². The van der Waals surface area contributed by atoms with Crippen molar-refractivity contribution in [1.29, 1.82) is 0 Å². The summed E-state index contributed by atoms with van der Waals surface area (Å²) in [5.41, 5.74) is 1.75. The van der Waals surface area contributed by atoms with Gasteiger partial charge in [0.25, 0.3) is 5.91 Å². The summed E-state index contributed by atoms with van der Waals surface area (Å²) in [7, 11) is 3.03. The van der Waals surface area contributed by atoms with Gasteiger partial charge in [-0.3, -0.25) is 9.78 Å². The second-order valence-electron chi connectivity index (χ2n) is 3.75. The van der Waals surface area contributed by atoms with Crippen molar-refractivity contribution in [1.82, 2.24) is 10.3 Å². The second kappa shape index (κ2) is 5.31. The van der Waals surface area contributed by atoms with Crippen LogP contribution in [0.5, 0.6) is 0 Å². The van der Waals surface area contributed by atoms with Crippen molar-refractivity contribution in [3.63, 3.8) is 0 Å². The molecular weight excluding hydrogens is 228 g/mol. The summed E-state index contributed by atoms with van der Waals surface area (Å²) in [6, 6.07) is 9.78. The van der Waals surface area contributed by atoms with E-state index in [4.69, 9.17) is 4.74 Å². The second-order valence-corrected chi connectivity index (χ2v) is 3.75. The van der Waals surface area contributed by atoms with Crippen LogP contribution in [0.1, 0.15) is 5.56 Å². The summed E-state index contributed by atoms with van der Waals surface area (Å²) in [4.78, 5) is 15.8. The molecule has 92 valence electrons. The van der Waals surface area contributed by atoms with E-state index < -0.39 is 0 Å². The third-order valence-electron chi connectivity index (χ3n) is 2.58. The van der Waals surface area contributed by atoms with Crippen molar-refractivity contribution in [2.45, 2.75) is 0 Å². The van der Waals surface area contributed by atoms with Crippen LogP contribution in [0.4, 0.5) is 0 Å². The van der Waals surface area contributed by atoms with Crippen LogP contribution in [0.2, 0.25) is 0 Å². The number of hydrogen-bond donors (Lipinski definition) is 1. The topological polar surface area (TPSA) is 51.2 Å². The van der Waals surface area contributed by atoms with Crippen LogP contribution in [-0.4, -0.2) is 25.0 Å². The van der Waals surface area contributed by atoms with Crippen LogP contribution in [0.25, 0.3) is 17.0 Å². The molecule has 0 saturated carbocycles. The van der Waals surface area contributed by atoms with Gasteiger partial charge < -0.3 is 10.1 Å². The number of nitrogens with one attached hydrogen (secondary N) is 1. The largest absolute Gasteiger partial charge is 0.491 e. The first kappa shape index (κ1) is 12.1. The monoisotopic (exact) mass is 242 g/mol. The highest BCUT2D eigenvalue weighted by atomic mass is 16.5. The molecule has 1 aromatic heterocycles. The molecule has 0 aliphatic heterocycles. The lowest BCUT2D eigenvalue weighted by Crippen LogP contribution is -2.20. The Morgan fingerprint density at radius 3 is 2.89 bits per heavy atom. The van der Waals surface area contributed by atoms with Crippen LogP contribution >= 0.6 is 0 Å². The van der Waals surface area contributed by atoms with E-state index in [2.05, 4.69) is 10.3 Å². The molecule has 4 nitrogen and oxygen atoms in total. The molecule has 0 fully saturated rings. The molecule has 0 atom stereocenters. The molecule has 2 aromatic rings. The summed E-state index contributed by atoms with van der Waals surface area (Å²) < 4.78 is 5.04. The van der Waals surface area contributed by atoms with Crippen molar-refractivity contribution < 1.29 is 9.53 Å². The number of rotatable bonds is 3. The number of benzene rings is 1. The number of aromatic nitrogens is 1. The van der Waals surface area contributed by atoms with Gasteiger partial charge in [-0.05, 0) is 23.8 Å². The Balaban J connectivity index is 2.41. The van der Waals surface area contributed by atoms with Crippen LogP contribution in [0.3, 0.4) is 0 Å². The molecule has 0 radical (unpaired) electrons. The van der Waals surface area contributed by atoms with Gasteiger partial charge in [-0.2, -0.15) is 0 Å². The number of hydrogen-bond acceptors (Lipinski definition) is 3. The number of pyridine rings is 1. The lowest BCUT2D eigenvalue weighted by atomic mass is 10.1. The fourth-order valence-corrected chi connectivity index (χ4v) is 1.66. The Hall–Kier alpha value is -2.36. The minimum atomic E-state index is -0.259. The third-order valence-corrected chi connectivity index (χ3v) is 2.58. The first-order valence-electron chi connectivity index (χ1n) is 5.57. The zero-order valence-corrected chi connectivity index (χ0v) is 10.3. The van der Waals surface area contributed by atoms with E-state index >= 15 is 0 Å². The van der Waals surface area contributed by atoms with E-state index in [9.17, 15) is 4.79 Å². The summed E-state index contributed by atoms with van der Waals surface area (Å²) in [6.45, 7) is 0. The van der Waals surface area contributed by atoms with E-state index in [0.717, 1.165) is 16.5 Å². The fourth-order valence-electron chi connectivity index (χ4n) is 1.66. The van der Waals surface area contributed by atoms with Gasteiger partial charge in [0.05, 0.1) is 12.6 Å². The van der Waals surface area contributed by atoms with Crippen LogP contribution in [0.15, 0.2) is 42.3 Å². The van der Waals surface area contributed by atoms with Gasteiger partial charge in [0, 0.05) is 18.6 Å². The average Bonchev–Trinajstić information content (AvgIpc) is 2.43. The summed E-state index contributed by atoms with van der Waals surface area (Å²) >= 11 is 0. The maximum Gasteiger partial charge on any atom is 0.286 e. The maximum absolute atomic E-state index is 11.5. The number of ether oxygens (including phenoxy) is 1. The lowest BCUT2D eigenvalue weighted by Gasteiger charge is -2.04. The molecule has 0 unspecified atom stereocenters. The standard InChI is InChI=1S/C14H14N2O2/c1-15-14(17)13(18-2)8-10-7-11-5-3-4-6-12(11)16-9-10/h3-9H,1-2H3,(H,15,17). The molecule has 1 heterocycles. The van der Waals surface area contributed by atoms with Gasteiger partial charge in [0.2, 0.25) is 0 Å². The number of fused-ring (bicyclic) bond motifs is 1. The molecule has 0 saturated heterocycles. The quantitative estimate of drug-likeness (QED) is 0.661. The van der Waals surface area contributed by atoms with Crippen molar-refractivity contribution in [2.75, 3.05) is 14.2 Å². The zero-order chi connectivity index (χ0) is 13.0. The molecule has 2 rings (SSSR count). The maximum atomic E-state index is 11.5. The number of methoxy groups -OCH3 is 1. The lowest BCUT2D eigenvalue weighted by molar-refractivity contribution is -0.119. The highest BCUT2D eigenvalue weighted by Gasteiger charge is 2.07. The van der Waals surface area contributed by atoms with Crippen molar-refractivity contribution in [2.24, 2.45) is 0 Å². The summed E-state index contributed by atoms with van der Waals surface area (Å²) in [5, 5.41) is 3.55. The van der Waals surface area contributed by atoms with Crippen LogP contribution in [-0.2, 0) is 9.53 Å². The summed E-state index contributed by atoms with van der Waals surface area (Å²) in [5.74, 6) is 0.000222. The van der Waals surface area contributed by atoms with Gasteiger partial charge >= 0.3 is 0 Å². The molecule has 0 aliphatic rings. The Bertz CT molecular complexity index is 606. The van der Waals surface area contributed by atoms with Crippen molar-refractivity contribution in [3.05, 3.63) is 47.9 Å². The Morgan fingerprint density at radius 1 is 1.39 bits per heavy atom. The molecule has 0 spiro atoms. The first-order chi connectivity index (χ1) is 8.74. The number of likely N-dealkylation sites (N-methyl/N-ethyl adjacent to an activating group) is 1. The SMILES string of the molecule is CNC(=O)C(=Cc1cnc2ccccc2c1)OC. The first-order valence-corrected chi connectivity index (χ1v) is 5.57. The van der Waals surface area contributed by atoms with Gasteiger partial charge in [-0.1, -0.05) is 18.2 Å². The number of carbonyl (C=O) groups is 1. The fraction of sp³-hybridized carbons (Fsp3) is 0.143. The molecule has 1 aromatic carbocycles. The van der Waals surface area contributed by atoms with Gasteiger partial charge in [0.15, 0.2) is 5.76 Å². The Morgan fingerprint density at radius 2 is 2.17 bits per heavy atom. The minimum Gasteiger partial charge on any atom is -0.491 e. The third kappa shape index (κ3) is 2.48. The predicted octanol–water partition coefficient (Wildman–Crippen LogP) is 1.97. The molecule has 0 aliphatic carbocycles. The smallest absolute Gasteiger partial charge is 0.286 e. The molecule has 1 amide bonds. The Labute approximate surface area is 105 Å². The minimum absolute atomic E-state index is 0.259. The normalized spacial score (nSPS) is 11.3. The molecular formula is C14H14N2O2. The number of nitrogens with zero attached hydrogens (tertiary/aromatic N) is 1. The van der Waals surface area contributed by atoms with Crippen LogP contribution in [0, 0.1) is 0 Å². The number of para-hydroxylation sites is 1. The van der Waals surface area contributed by atoms with E-state index in [1.54, 1.807) is 19.3 Å². The highest BCUT2D eigenvalue weighted by molar-refractivity contribution is 5.96. The Kier molecular flexibility index (Phi) is 3.57. The highest BCUT2D eigenvalue weighted by Crippen LogP contribution is 2.15. The predicted molar refractivity (Wildman–Crippen MR) is 70.8 cm³/mol. The number of carbonyl (C=O) groups excluding carboxylic acids is 1. The van der Waals surface area contributed by atoms with Crippen molar-refractivity contribution in [3.8, 4) is 0 Å². The van der Waals surface area contributed by atoms with Crippen molar-refractivity contribution >= 4 is 22.9 Å². The average molecular weight is 242 g/mol. The van der Waals surface area contributed by atoms with Gasteiger partial charge in [-0.25, -0.2) is 0 Å². The van der Waals surface area contributed by atoms with Gasteiger partial charge in [-0.15, -0.1) is 0 Å². The molecule has 4 heteroatoms. The molecule has 1 N–H and O–H groups in total. The van der Waals surface area contributed by atoms with E-state index in [1.807, 2.05) is 30.3 Å². The molecule has 0 bridgehead atoms. The van der Waals surface area contributed by atoms with E-state index in [1.165, 1.54) is 7.11 Å². The zero-order valence-electron chi connectivity index (χ0n) is 10.3. The summed E-state index contributed by atoms with van der Waals surface area (Å²) in [6.07, 6.45) is 3.38. The molecule has 18 heavy (non-hydrogen) atoms.